The number of nitrogens with one attached hydrogen (secondary N) is 2. The van der Waals surface area contributed by atoms with Gasteiger partial charge in [-0.05, 0) is 74.4 Å². The molecule has 0 aliphatic heterocycles. The molecule has 0 heterocycles. The maximum atomic E-state index is 13.0. The highest BCUT2D eigenvalue weighted by atomic mass is 79.9. The molecule has 0 fully saturated rings. The summed E-state index contributed by atoms with van der Waals surface area (Å²) in [4.78, 5) is 28.0. The maximum absolute atomic E-state index is 13.0. The van der Waals surface area contributed by atoms with E-state index in [4.69, 9.17) is 0 Å². The van der Waals surface area contributed by atoms with Crippen molar-refractivity contribution in [3.05, 3.63) is 99.2 Å². The molecule has 0 bridgehead atoms. The molecular formula is C28H29BrN4O3. The predicted octanol–water partition coefficient (Wildman–Crippen LogP) is 5.23. The average Bonchev–Trinajstić information content (AvgIpc) is 2.88. The number of aryl methyl sites for hydroxylation is 1. The van der Waals surface area contributed by atoms with Crippen LogP contribution in [0.4, 0.5) is 5.69 Å². The van der Waals surface area contributed by atoms with E-state index < -0.39 is 11.8 Å². The number of rotatable bonds is 9. The standard InChI is InChI=1S/C28H29BrN4O3/c1-4-33(5-2)24-13-11-20(12-14-24)16-25(31-27(35)21-9-7-6-8-10-21)28(36)32-30-18-22-17-23(29)15-19(3)26(22)34/h6-18,34H,4-5H2,1-3H3,(H,31,35)(H,32,36)/b25-16+,30-18-. The molecule has 3 aromatic rings. The molecule has 0 saturated heterocycles. The van der Waals surface area contributed by atoms with E-state index in [0.717, 1.165) is 28.8 Å². The minimum absolute atomic E-state index is 0.0336. The summed E-state index contributed by atoms with van der Waals surface area (Å²) in [5, 5.41) is 16.9. The predicted molar refractivity (Wildman–Crippen MR) is 148 cm³/mol. The van der Waals surface area contributed by atoms with Crippen LogP contribution in [0, 0.1) is 6.92 Å². The number of carbonyl (C=O) groups excluding carboxylic acids is 2. The second kappa shape index (κ2) is 12.7. The van der Waals surface area contributed by atoms with Crippen molar-refractivity contribution in [1.29, 1.82) is 0 Å². The molecule has 0 aromatic heterocycles. The molecule has 0 aliphatic rings. The van der Waals surface area contributed by atoms with Gasteiger partial charge in [-0.25, -0.2) is 5.43 Å². The van der Waals surface area contributed by atoms with Gasteiger partial charge in [-0.15, -0.1) is 0 Å². The molecule has 2 amide bonds. The van der Waals surface area contributed by atoms with E-state index >= 15 is 0 Å². The van der Waals surface area contributed by atoms with Crippen LogP contribution in [0.5, 0.6) is 5.75 Å². The third-order valence-corrected chi connectivity index (χ3v) is 5.98. The number of hydrogen-bond donors (Lipinski definition) is 3. The molecule has 36 heavy (non-hydrogen) atoms. The number of aromatic hydroxyl groups is 1. The van der Waals surface area contributed by atoms with Crippen LogP contribution in [-0.2, 0) is 4.79 Å². The molecule has 3 aromatic carbocycles. The van der Waals surface area contributed by atoms with Gasteiger partial charge in [0.2, 0.25) is 0 Å². The number of nitrogens with zero attached hydrogens (tertiary/aromatic N) is 2. The fourth-order valence-corrected chi connectivity index (χ4v) is 4.15. The van der Waals surface area contributed by atoms with Crippen LogP contribution in [0.3, 0.4) is 0 Å². The van der Waals surface area contributed by atoms with Gasteiger partial charge in [0.05, 0.1) is 6.21 Å². The number of phenolic OH excluding ortho intramolecular Hbond substituents is 1. The number of halogens is 1. The minimum Gasteiger partial charge on any atom is -0.507 e. The zero-order valence-electron chi connectivity index (χ0n) is 20.5. The lowest BCUT2D eigenvalue weighted by Gasteiger charge is -2.21. The number of hydrazone groups is 1. The molecule has 186 valence electrons. The highest BCUT2D eigenvalue weighted by Crippen LogP contribution is 2.25. The highest BCUT2D eigenvalue weighted by Gasteiger charge is 2.15. The summed E-state index contributed by atoms with van der Waals surface area (Å²) >= 11 is 3.38. The van der Waals surface area contributed by atoms with Gasteiger partial charge < -0.3 is 15.3 Å². The monoisotopic (exact) mass is 548 g/mol. The van der Waals surface area contributed by atoms with Crippen molar-refractivity contribution in [1.82, 2.24) is 10.7 Å². The van der Waals surface area contributed by atoms with E-state index in [-0.39, 0.29) is 11.4 Å². The van der Waals surface area contributed by atoms with E-state index in [2.05, 4.69) is 50.5 Å². The Morgan fingerprint density at radius 3 is 2.33 bits per heavy atom. The Labute approximate surface area is 219 Å². The smallest absolute Gasteiger partial charge is 0.287 e. The van der Waals surface area contributed by atoms with Crippen LogP contribution < -0.4 is 15.6 Å². The van der Waals surface area contributed by atoms with Crippen molar-refractivity contribution >= 4 is 45.7 Å². The Morgan fingerprint density at radius 2 is 1.69 bits per heavy atom. The summed E-state index contributed by atoms with van der Waals surface area (Å²) < 4.78 is 0.773. The summed E-state index contributed by atoms with van der Waals surface area (Å²) in [6, 6.07) is 19.8. The van der Waals surface area contributed by atoms with Crippen LogP contribution in [0.1, 0.15) is 40.9 Å². The van der Waals surface area contributed by atoms with Crippen LogP contribution in [0.15, 0.2) is 82.0 Å². The first kappa shape index (κ1) is 26.7. The number of anilines is 1. The normalized spacial score (nSPS) is 11.4. The van der Waals surface area contributed by atoms with E-state index in [9.17, 15) is 14.7 Å². The van der Waals surface area contributed by atoms with Gasteiger partial charge >= 0.3 is 0 Å². The van der Waals surface area contributed by atoms with Gasteiger partial charge in [-0.1, -0.05) is 46.3 Å². The second-order valence-electron chi connectivity index (χ2n) is 8.00. The number of carbonyl (C=O) groups is 2. The number of amides is 2. The van der Waals surface area contributed by atoms with Crippen LogP contribution in [0.25, 0.3) is 6.08 Å². The largest absolute Gasteiger partial charge is 0.507 e. The van der Waals surface area contributed by atoms with Crippen LogP contribution in [-0.4, -0.2) is 36.2 Å². The lowest BCUT2D eigenvalue weighted by molar-refractivity contribution is -0.117. The van der Waals surface area contributed by atoms with Gasteiger partial charge in [0.25, 0.3) is 11.8 Å². The molecule has 0 atom stereocenters. The summed E-state index contributed by atoms with van der Waals surface area (Å²) in [5.74, 6) is -0.951. The Hall–Kier alpha value is -3.91. The minimum atomic E-state index is -0.602. The molecule has 0 unspecified atom stereocenters. The Bertz CT molecular complexity index is 1270. The van der Waals surface area contributed by atoms with Crippen molar-refractivity contribution < 1.29 is 14.7 Å². The molecule has 8 heteroatoms. The molecule has 0 radical (unpaired) electrons. The van der Waals surface area contributed by atoms with Crippen LogP contribution >= 0.6 is 15.9 Å². The van der Waals surface area contributed by atoms with Gasteiger partial charge in [-0.3, -0.25) is 9.59 Å². The van der Waals surface area contributed by atoms with Crippen molar-refractivity contribution in [2.24, 2.45) is 5.10 Å². The van der Waals surface area contributed by atoms with Gasteiger partial charge in [0.15, 0.2) is 0 Å². The van der Waals surface area contributed by atoms with Crippen molar-refractivity contribution in [2.45, 2.75) is 20.8 Å². The van der Waals surface area contributed by atoms with E-state index in [1.165, 1.54) is 6.21 Å². The lowest BCUT2D eigenvalue weighted by Crippen LogP contribution is -2.32. The Kier molecular flexibility index (Phi) is 9.41. The maximum Gasteiger partial charge on any atom is 0.287 e. The number of benzene rings is 3. The Morgan fingerprint density at radius 1 is 1.03 bits per heavy atom. The van der Waals surface area contributed by atoms with Gasteiger partial charge in [-0.2, -0.15) is 5.10 Å². The van der Waals surface area contributed by atoms with Gasteiger partial charge in [0.1, 0.15) is 11.4 Å². The van der Waals surface area contributed by atoms with E-state index in [1.807, 2.05) is 30.3 Å². The molecule has 7 nitrogen and oxygen atoms in total. The quantitative estimate of drug-likeness (QED) is 0.194. The summed E-state index contributed by atoms with van der Waals surface area (Å²) in [6.45, 7) is 7.72. The fourth-order valence-electron chi connectivity index (χ4n) is 3.56. The third kappa shape index (κ3) is 7.05. The number of hydrogen-bond acceptors (Lipinski definition) is 5. The zero-order valence-corrected chi connectivity index (χ0v) is 22.0. The second-order valence-corrected chi connectivity index (χ2v) is 8.92. The first-order valence-corrected chi connectivity index (χ1v) is 12.4. The highest BCUT2D eigenvalue weighted by molar-refractivity contribution is 9.10. The van der Waals surface area contributed by atoms with Crippen molar-refractivity contribution in [3.63, 3.8) is 0 Å². The zero-order chi connectivity index (χ0) is 26.1. The average molecular weight is 549 g/mol. The molecule has 0 saturated carbocycles. The molecule has 0 spiro atoms. The lowest BCUT2D eigenvalue weighted by atomic mass is 10.1. The molecule has 0 aliphatic carbocycles. The van der Waals surface area contributed by atoms with Gasteiger partial charge in [0, 0.05) is 34.4 Å². The summed E-state index contributed by atoms with van der Waals surface area (Å²) in [6.07, 6.45) is 2.94. The molecule has 3 N–H and O–H groups in total. The fraction of sp³-hybridized carbons (Fsp3) is 0.179. The summed E-state index contributed by atoms with van der Waals surface area (Å²) in [7, 11) is 0. The molecule has 3 rings (SSSR count). The number of phenols is 1. The Balaban J connectivity index is 1.85. The summed E-state index contributed by atoms with van der Waals surface area (Å²) in [5.41, 5.74) is 5.82. The van der Waals surface area contributed by atoms with Crippen molar-refractivity contribution in [2.75, 3.05) is 18.0 Å². The van der Waals surface area contributed by atoms with Crippen molar-refractivity contribution in [3.8, 4) is 5.75 Å². The molecular weight excluding hydrogens is 520 g/mol. The van der Waals surface area contributed by atoms with Crippen LogP contribution in [0.2, 0.25) is 0 Å². The van der Waals surface area contributed by atoms with E-state index in [0.29, 0.717) is 16.7 Å². The van der Waals surface area contributed by atoms with E-state index in [1.54, 1.807) is 49.4 Å². The SMILES string of the molecule is CCN(CC)c1ccc(/C=C(/NC(=O)c2ccccc2)C(=O)N/N=C\c2cc(Br)cc(C)c2O)cc1. The first-order chi connectivity index (χ1) is 17.3. The third-order valence-electron chi connectivity index (χ3n) is 5.53. The topological polar surface area (TPSA) is 94.0 Å². The first-order valence-electron chi connectivity index (χ1n) is 11.6.